The minimum atomic E-state index is -4.67. The van der Waals surface area contributed by atoms with Crippen LogP contribution in [0.3, 0.4) is 0 Å². The van der Waals surface area contributed by atoms with Crippen molar-refractivity contribution in [1.82, 2.24) is 0 Å². The Bertz CT molecular complexity index is 354. The van der Waals surface area contributed by atoms with Crippen LogP contribution in [0, 0.1) is 0 Å². The van der Waals surface area contributed by atoms with Crippen molar-refractivity contribution in [1.29, 1.82) is 0 Å². The Morgan fingerprint density at radius 2 is 2.00 bits per heavy atom. The van der Waals surface area contributed by atoms with E-state index in [2.05, 4.69) is 20.7 Å². The fraction of sp³-hybridized carbons (Fsp3) is 0.400. The molecule has 0 saturated carbocycles. The standard InChI is InChI=1S/C10H9BrClF3O/c11-8-4-3-7(2-1-5-12)9(6-8)16-10(13,14)15/h3-4,6H,1-2,5H2. The van der Waals surface area contributed by atoms with Crippen molar-refractivity contribution in [2.24, 2.45) is 0 Å². The van der Waals surface area contributed by atoms with E-state index < -0.39 is 6.36 Å². The number of hydrogen-bond acceptors (Lipinski definition) is 1. The quantitative estimate of drug-likeness (QED) is 0.742. The average Bonchev–Trinajstić information content (AvgIpc) is 2.14. The number of alkyl halides is 4. The summed E-state index contributed by atoms with van der Waals surface area (Å²) < 4.78 is 40.8. The van der Waals surface area contributed by atoms with Gasteiger partial charge in [-0.05, 0) is 30.5 Å². The lowest BCUT2D eigenvalue weighted by Crippen LogP contribution is -2.18. The van der Waals surface area contributed by atoms with Gasteiger partial charge in [0.25, 0.3) is 0 Å². The Labute approximate surface area is 105 Å². The Balaban J connectivity index is 2.89. The summed E-state index contributed by atoms with van der Waals surface area (Å²) in [5, 5.41) is 0. The molecule has 0 bridgehead atoms. The molecule has 0 aromatic heterocycles. The molecule has 0 aliphatic carbocycles. The van der Waals surface area contributed by atoms with Crippen LogP contribution in [0.4, 0.5) is 13.2 Å². The van der Waals surface area contributed by atoms with Gasteiger partial charge in [0.05, 0.1) is 0 Å². The molecule has 1 aromatic rings. The number of ether oxygens (including phenoxy) is 1. The largest absolute Gasteiger partial charge is 0.573 e. The number of aryl methyl sites for hydroxylation is 1. The van der Waals surface area contributed by atoms with Crippen LogP contribution in [-0.2, 0) is 6.42 Å². The molecule has 0 aliphatic rings. The third kappa shape index (κ3) is 4.61. The predicted molar refractivity (Wildman–Crippen MR) is 59.9 cm³/mol. The molecule has 0 atom stereocenters. The molecule has 0 aliphatic heterocycles. The second-order valence-electron chi connectivity index (χ2n) is 3.09. The molecular formula is C10H9BrClF3O. The maximum absolute atomic E-state index is 12.1. The Morgan fingerprint density at radius 3 is 2.56 bits per heavy atom. The number of benzene rings is 1. The Morgan fingerprint density at radius 1 is 1.31 bits per heavy atom. The fourth-order valence-corrected chi connectivity index (χ4v) is 1.69. The van der Waals surface area contributed by atoms with Crippen LogP contribution in [0.15, 0.2) is 22.7 Å². The third-order valence-electron chi connectivity index (χ3n) is 1.83. The molecule has 0 radical (unpaired) electrons. The third-order valence-corrected chi connectivity index (χ3v) is 2.60. The SMILES string of the molecule is FC(F)(F)Oc1cc(Br)ccc1CCCCl. The number of rotatable bonds is 4. The minimum absolute atomic E-state index is 0.174. The molecule has 0 fully saturated rings. The fourth-order valence-electron chi connectivity index (χ4n) is 1.21. The van der Waals surface area contributed by atoms with Crippen molar-refractivity contribution in [2.75, 3.05) is 5.88 Å². The second kappa shape index (κ2) is 5.77. The molecule has 0 amide bonds. The topological polar surface area (TPSA) is 9.23 Å². The van der Waals surface area contributed by atoms with Crippen molar-refractivity contribution >= 4 is 27.5 Å². The molecule has 16 heavy (non-hydrogen) atoms. The minimum Gasteiger partial charge on any atom is -0.405 e. The van der Waals surface area contributed by atoms with Crippen molar-refractivity contribution < 1.29 is 17.9 Å². The highest BCUT2D eigenvalue weighted by molar-refractivity contribution is 9.10. The van der Waals surface area contributed by atoms with Crippen LogP contribution in [-0.4, -0.2) is 12.2 Å². The van der Waals surface area contributed by atoms with Crippen LogP contribution in [0.1, 0.15) is 12.0 Å². The van der Waals surface area contributed by atoms with E-state index in [-0.39, 0.29) is 5.75 Å². The molecule has 0 N–H and O–H groups in total. The van der Waals surface area contributed by atoms with Crippen LogP contribution in [0.25, 0.3) is 0 Å². The number of halogens is 5. The van der Waals surface area contributed by atoms with Crippen LogP contribution in [0.2, 0.25) is 0 Å². The lowest BCUT2D eigenvalue weighted by Gasteiger charge is -2.13. The summed E-state index contributed by atoms with van der Waals surface area (Å²) in [6.45, 7) is 0. The normalized spacial score (nSPS) is 11.6. The van der Waals surface area contributed by atoms with E-state index in [0.29, 0.717) is 28.8 Å². The Kier molecular flexibility index (Phi) is 4.92. The molecule has 1 rings (SSSR count). The molecule has 0 spiro atoms. The first-order valence-electron chi connectivity index (χ1n) is 4.52. The molecule has 1 nitrogen and oxygen atoms in total. The van der Waals surface area contributed by atoms with E-state index in [9.17, 15) is 13.2 Å². The van der Waals surface area contributed by atoms with Gasteiger partial charge in [0.1, 0.15) is 5.75 Å². The lowest BCUT2D eigenvalue weighted by atomic mass is 10.1. The van der Waals surface area contributed by atoms with E-state index in [1.165, 1.54) is 6.07 Å². The van der Waals surface area contributed by atoms with Gasteiger partial charge in [0, 0.05) is 10.4 Å². The van der Waals surface area contributed by atoms with Crippen molar-refractivity contribution in [2.45, 2.75) is 19.2 Å². The van der Waals surface area contributed by atoms with Gasteiger partial charge in [0.2, 0.25) is 0 Å². The highest BCUT2D eigenvalue weighted by Crippen LogP contribution is 2.30. The van der Waals surface area contributed by atoms with E-state index in [1.54, 1.807) is 12.1 Å². The summed E-state index contributed by atoms with van der Waals surface area (Å²) in [5.74, 6) is 0.230. The predicted octanol–water partition coefficient (Wildman–Crippen LogP) is 4.52. The van der Waals surface area contributed by atoms with E-state index in [0.717, 1.165) is 0 Å². The summed E-state index contributed by atoms with van der Waals surface area (Å²) in [4.78, 5) is 0. The van der Waals surface area contributed by atoms with Crippen LogP contribution in [0.5, 0.6) is 5.75 Å². The smallest absolute Gasteiger partial charge is 0.405 e. The van der Waals surface area contributed by atoms with Gasteiger partial charge < -0.3 is 4.74 Å². The van der Waals surface area contributed by atoms with Crippen molar-refractivity contribution in [3.05, 3.63) is 28.2 Å². The van der Waals surface area contributed by atoms with Gasteiger partial charge in [-0.1, -0.05) is 22.0 Å². The van der Waals surface area contributed by atoms with Gasteiger partial charge in [-0.15, -0.1) is 24.8 Å². The molecule has 0 saturated heterocycles. The summed E-state index contributed by atoms with van der Waals surface area (Å²) in [6.07, 6.45) is -3.60. The summed E-state index contributed by atoms with van der Waals surface area (Å²) in [7, 11) is 0. The van der Waals surface area contributed by atoms with Crippen molar-refractivity contribution in [3.63, 3.8) is 0 Å². The van der Waals surface area contributed by atoms with Gasteiger partial charge >= 0.3 is 6.36 Å². The van der Waals surface area contributed by atoms with E-state index >= 15 is 0 Å². The van der Waals surface area contributed by atoms with E-state index in [4.69, 9.17) is 11.6 Å². The zero-order valence-corrected chi connectivity index (χ0v) is 10.5. The molecule has 0 heterocycles. The molecule has 0 unspecified atom stereocenters. The summed E-state index contributed by atoms with van der Waals surface area (Å²) in [5.41, 5.74) is 0.501. The van der Waals surface area contributed by atoms with Gasteiger partial charge in [-0.2, -0.15) is 0 Å². The van der Waals surface area contributed by atoms with Crippen molar-refractivity contribution in [3.8, 4) is 5.75 Å². The van der Waals surface area contributed by atoms with Gasteiger partial charge in [-0.25, -0.2) is 0 Å². The van der Waals surface area contributed by atoms with E-state index in [1.807, 2.05) is 0 Å². The highest BCUT2D eigenvalue weighted by atomic mass is 79.9. The van der Waals surface area contributed by atoms with Crippen LogP contribution >= 0.6 is 27.5 Å². The second-order valence-corrected chi connectivity index (χ2v) is 4.39. The van der Waals surface area contributed by atoms with Gasteiger partial charge in [0.15, 0.2) is 0 Å². The monoisotopic (exact) mass is 316 g/mol. The molecule has 90 valence electrons. The molecule has 1 aromatic carbocycles. The zero-order chi connectivity index (χ0) is 12.2. The van der Waals surface area contributed by atoms with Gasteiger partial charge in [-0.3, -0.25) is 0 Å². The molecule has 6 heteroatoms. The highest BCUT2D eigenvalue weighted by Gasteiger charge is 2.32. The first-order chi connectivity index (χ1) is 7.42. The Hall–Kier alpha value is -0.420. The van der Waals surface area contributed by atoms with Crippen LogP contribution < -0.4 is 4.74 Å². The maximum atomic E-state index is 12.1. The maximum Gasteiger partial charge on any atom is 0.573 e. The summed E-state index contributed by atoms with van der Waals surface area (Å²) >= 11 is 8.59. The summed E-state index contributed by atoms with van der Waals surface area (Å²) in [6, 6.07) is 4.57. The lowest BCUT2D eigenvalue weighted by molar-refractivity contribution is -0.274. The first kappa shape index (κ1) is 13.6. The first-order valence-corrected chi connectivity index (χ1v) is 5.85. The number of hydrogen-bond donors (Lipinski definition) is 0. The average molecular weight is 318 g/mol. The zero-order valence-electron chi connectivity index (χ0n) is 8.15. The molecular weight excluding hydrogens is 308 g/mol.